The second-order valence-corrected chi connectivity index (χ2v) is 8.78. The van der Waals surface area contributed by atoms with E-state index >= 15 is 0 Å². The molecule has 9 heteroatoms. The van der Waals surface area contributed by atoms with Gasteiger partial charge in [0.2, 0.25) is 0 Å². The molecule has 1 aliphatic rings. The number of benzene rings is 2. The molecule has 186 valence electrons. The van der Waals surface area contributed by atoms with Gasteiger partial charge in [0, 0.05) is 60.7 Å². The molecule has 4 rings (SSSR count). The molecule has 2 heterocycles. The van der Waals surface area contributed by atoms with Crippen LogP contribution in [0.5, 0.6) is 0 Å². The summed E-state index contributed by atoms with van der Waals surface area (Å²) in [6.07, 6.45) is 1.46. The molecule has 0 spiro atoms. The number of halogens is 2. The van der Waals surface area contributed by atoms with Crippen molar-refractivity contribution in [2.75, 3.05) is 11.9 Å². The molecule has 2 aromatic carbocycles. The lowest BCUT2D eigenvalue weighted by Crippen LogP contribution is -2.25. The van der Waals surface area contributed by atoms with Gasteiger partial charge in [0.25, 0.3) is 23.6 Å². The highest BCUT2D eigenvalue weighted by Gasteiger charge is 2.32. The van der Waals surface area contributed by atoms with Gasteiger partial charge in [-0.25, -0.2) is 8.78 Å². The van der Waals surface area contributed by atoms with Gasteiger partial charge in [-0.2, -0.15) is 0 Å². The first-order valence-electron chi connectivity index (χ1n) is 11.5. The molecule has 0 bridgehead atoms. The summed E-state index contributed by atoms with van der Waals surface area (Å²) in [4.78, 5) is 43.8. The molecular formula is C27H26F2N4O3. The van der Waals surface area contributed by atoms with Gasteiger partial charge in [-0.05, 0) is 49.2 Å². The van der Waals surface area contributed by atoms with E-state index in [-0.39, 0.29) is 35.5 Å². The smallest absolute Gasteiger partial charge is 0.270 e. The number of nitrogens with one attached hydrogen (secondary N) is 2. The number of amides is 3. The fourth-order valence-corrected chi connectivity index (χ4v) is 4.20. The van der Waals surface area contributed by atoms with E-state index in [2.05, 4.69) is 15.6 Å². The highest BCUT2D eigenvalue weighted by atomic mass is 19.3. The van der Waals surface area contributed by atoms with Crippen LogP contribution in [0.2, 0.25) is 0 Å². The molecule has 36 heavy (non-hydrogen) atoms. The van der Waals surface area contributed by atoms with Crippen LogP contribution in [0.1, 0.15) is 67.3 Å². The number of nitrogens with zero attached hydrogens (tertiary/aromatic N) is 2. The number of pyridine rings is 1. The molecule has 1 aliphatic heterocycles. The van der Waals surface area contributed by atoms with E-state index in [1.54, 1.807) is 30.0 Å². The lowest BCUT2D eigenvalue weighted by Gasteiger charge is -2.17. The Morgan fingerprint density at radius 2 is 1.81 bits per heavy atom. The maximum absolute atomic E-state index is 13.4. The Kier molecular flexibility index (Phi) is 6.83. The number of carbonyl (C=O) groups excluding carboxylic acids is 3. The zero-order valence-electron chi connectivity index (χ0n) is 20.2. The molecule has 3 amide bonds. The number of aromatic nitrogens is 1. The van der Waals surface area contributed by atoms with Crippen LogP contribution < -0.4 is 10.6 Å². The minimum Gasteiger partial charge on any atom is -0.351 e. The van der Waals surface area contributed by atoms with E-state index in [9.17, 15) is 23.2 Å². The minimum atomic E-state index is -2.95. The van der Waals surface area contributed by atoms with E-state index in [1.807, 2.05) is 13.0 Å². The zero-order chi connectivity index (χ0) is 26.0. The Balaban J connectivity index is 1.46. The van der Waals surface area contributed by atoms with Crippen molar-refractivity contribution >= 4 is 23.4 Å². The average Bonchev–Trinajstić information content (AvgIpc) is 3.14. The number of hydrogen-bond donors (Lipinski definition) is 2. The first-order chi connectivity index (χ1) is 17.1. The number of fused-ring (bicyclic) bond motifs is 1. The number of aryl methyl sites for hydroxylation is 1. The third-order valence-corrected chi connectivity index (χ3v) is 6.03. The van der Waals surface area contributed by atoms with E-state index in [0.29, 0.717) is 41.0 Å². The molecule has 0 unspecified atom stereocenters. The maximum atomic E-state index is 13.4. The van der Waals surface area contributed by atoms with Crippen molar-refractivity contribution in [1.82, 2.24) is 15.2 Å². The predicted molar refractivity (Wildman–Crippen MR) is 131 cm³/mol. The monoisotopic (exact) mass is 492 g/mol. The first kappa shape index (κ1) is 25.0. The standard InChI is InChI=1S/C27H26F2N4O3/c1-4-30-25(35)23-22-15-33(26(36)21(22)11-12-31-23)14-17-5-10-20(16(2)13-17)24(34)32-19-8-6-18(7-9-19)27(3,28)29/h5-13H,4,14-15H2,1-3H3,(H,30,35)(H,32,34). The largest absolute Gasteiger partial charge is 0.351 e. The quantitative estimate of drug-likeness (QED) is 0.502. The van der Waals surface area contributed by atoms with Gasteiger partial charge >= 0.3 is 0 Å². The SMILES string of the molecule is CCNC(=O)c1nccc2c1CN(Cc1ccc(C(=O)Nc3ccc(C(C)(F)F)cc3)c(C)c1)C2=O. The molecule has 0 aliphatic carbocycles. The minimum absolute atomic E-state index is 0.131. The Morgan fingerprint density at radius 3 is 2.44 bits per heavy atom. The predicted octanol–water partition coefficient (Wildman–Crippen LogP) is 4.66. The second-order valence-electron chi connectivity index (χ2n) is 8.78. The lowest BCUT2D eigenvalue weighted by atomic mass is 10.0. The van der Waals surface area contributed by atoms with E-state index < -0.39 is 5.92 Å². The van der Waals surface area contributed by atoms with Crippen LogP contribution in [0.4, 0.5) is 14.5 Å². The maximum Gasteiger partial charge on any atom is 0.270 e. The summed E-state index contributed by atoms with van der Waals surface area (Å²) in [5.41, 5.74) is 3.56. The fourth-order valence-electron chi connectivity index (χ4n) is 4.20. The first-order valence-corrected chi connectivity index (χ1v) is 11.5. The summed E-state index contributed by atoms with van der Waals surface area (Å²) >= 11 is 0. The topological polar surface area (TPSA) is 91.4 Å². The highest BCUT2D eigenvalue weighted by molar-refractivity contribution is 6.05. The van der Waals surface area contributed by atoms with Gasteiger partial charge in [0.05, 0.1) is 0 Å². The fraction of sp³-hybridized carbons (Fsp3) is 0.259. The normalized spacial score (nSPS) is 12.9. The van der Waals surface area contributed by atoms with Gasteiger partial charge in [-0.15, -0.1) is 0 Å². The number of alkyl halides is 2. The number of rotatable bonds is 7. The molecule has 0 fully saturated rings. The summed E-state index contributed by atoms with van der Waals surface area (Å²) < 4.78 is 26.8. The average molecular weight is 493 g/mol. The summed E-state index contributed by atoms with van der Waals surface area (Å²) in [5, 5.41) is 5.44. The van der Waals surface area contributed by atoms with Crippen LogP contribution in [-0.2, 0) is 19.0 Å². The summed E-state index contributed by atoms with van der Waals surface area (Å²) in [6.45, 7) is 5.45. The van der Waals surface area contributed by atoms with Gasteiger partial charge in [-0.1, -0.05) is 24.3 Å². The lowest BCUT2D eigenvalue weighted by molar-refractivity contribution is 0.0175. The molecule has 2 N–H and O–H groups in total. The molecule has 0 radical (unpaired) electrons. The highest BCUT2D eigenvalue weighted by Crippen LogP contribution is 2.29. The van der Waals surface area contributed by atoms with Crippen LogP contribution in [-0.4, -0.2) is 34.2 Å². The van der Waals surface area contributed by atoms with E-state index in [1.165, 1.54) is 30.5 Å². The molecule has 0 saturated heterocycles. The van der Waals surface area contributed by atoms with Gasteiger partial charge in [0.1, 0.15) is 5.69 Å². The molecule has 0 saturated carbocycles. The molecule has 0 atom stereocenters. The summed E-state index contributed by atoms with van der Waals surface area (Å²) in [6, 6.07) is 12.3. The third-order valence-electron chi connectivity index (χ3n) is 6.03. The third kappa shape index (κ3) is 5.10. The van der Waals surface area contributed by atoms with Crippen molar-refractivity contribution in [2.45, 2.75) is 39.8 Å². The molecular weight excluding hydrogens is 466 g/mol. The second kappa shape index (κ2) is 9.85. The van der Waals surface area contributed by atoms with Crippen LogP contribution in [0.25, 0.3) is 0 Å². The van der Waals surface area contributed by atoms with Crippen molar-refractivity contribution in [2.24, 2.45) is 0 Å². The zero-order valence-corrected chi connectivity index (χ0v) is 20.2. The van der Waals surface area contributed by atoms with Crippen molar-refractivity contribution in [1.29, 1.82) is 0 Å². The van der Waals surface area contributed by atoms with E-state index in [4.69, 9.17) is 0 Å². The molecule has 7 nitrogen and oxygen atoms in total. The molecule has 3 aromatic rings. The van der Waals surface area contributed by atoms with Crippen molar-refractivity contribution in [3.05, 3.63) is 93.8 Å². The Hall–Kier alpha value is -4.14. The van der Waals surface area contributed by atoms with Crippen molar-refractivity contribution in [3.8, 4) is 0 Å². The van der Waals surface area contributed by atoms with Crippen LogP contribution in [0, 0.1) is 6.92 Å². The van der Waals surface area contributed by atoms with Crippen molar-refractivity contribution in [3.63, 3.8) is 0 Å². The van der Waals surface area contributed by atoms with Crippen LogP contribution >= 0.6 is 0 Å². The van der Waals surface area contributed by atoms with Gasteiger partial charge in [-0.3, -0.25) is 19.4 Å². The Labute approximate surface area is 207 Å². The Morgan fingerprint density at radius 1 is 1.08 bits per heavy atom. The van der Waals surface area contributed by atoms with E-state index in [0.717, 1.165) is 12.5 Å². The van der Waals surface area contributed by atoms with Gasteiger partial charge in [0.15, 0.2) is 0 Å². The number of anilines is 1. The van der Waals surface area contributed by atoms with Crippen LogP contribution in [0.15, 0.2) is 54.7 Å². The Bertz CT molecular complexity index is 1330. The van der Waals surface area contributed by atoms with Crippen LogP contribution in [0.3, 0.4) is 0 Å². The number of hydrogen-bond acceptors (Lipinski definition) is 4. The van der Waals surface area contributed by atoms with Gasteiger partial charge < -0.3 is 15.5 Å². The number of carbonyl (C=O) groups is 3. The van der Waals surface area contributed by atoms with Crippen molar-refractivity contribution < 1.29 is 23.2 Å². The molecule has 1 aromatic heterocycles. The summed E-state index contributed by atoms with van der Waals surface area (Å²) in [7, 11) is 0. The summed E-state index contributed by atoms with van der Waals surface area (Å²) in [5.74, 6) is -3.81.